The maximum atomic E-state index is 13.3. The number of nitrogens with one attached hydrogen (secondary N) is 1. The summed E-state index contributed by atoms with van der Waals surface area (Å²) in [4.78, 5) is 13.3. The van der Waals surface area contributed by atoms with E-state index in [2.05, 4.69) is 88.7 Å². The average Bonchev–Trinajstić information content (AvgIpc) is 3.49. The fourth-order valence-corrected chi connectivity index (χ4v) is 5.29. The van der Waals surface area contributed by atoms with E-state index in [4.69, 9.17) is 0 Å². The van der Waals surface area contributed by atoms with E-state index in [-0.39, 0.29) is 16.7 Å². The molecule has 4 rings (SSSR count). The van der Waals surface area contributed by atoms with Crippen LogP contribution in [0.2, 0.25) is 0 Å². The van der Waals surface area contributed by atoms with Crippen LogP contribution in [0.5, 0.6) is 0 Å². The van der Waals surface area contributed by atoms with Gasteiger partial charge >= 0.3 is 0 Å². The lowest BCUT2D eigenvalue weighted by Gasteiger charge is -2.27. The first-order chi connectivity index (χ1) is 16.3. The van der Waals surface area contributed by atoms with Crippen LogP contribution >= 0.6 is 0 Å². The Morgan fingerprint density at radius 1 is 1.00 bits per heavy atom. The SMILES string of the molecule is Cc1c(C(=O)NC2(C#N)CC2)cc(-c2cc(C(C)(C)C)cc(C(C)(C)C)c2)n1CC1CCCCC1. The smallest absolute Gasteiger partial charge is 0.254 e. The Labute approximate surface area is 212 Å². The Morgan fingerprint density at radius 2 is 1.57 bits per heavy atom. The van der Waals surface area contributed by atoms with E-state index >= 15 is 0 Å². The van der Waals surface area contributed by atoms with Crippen LogP contribution in [0.4, 0.5) is 0 Å². The van der Waals surface area contributed by atoms with Crippen molar-refractivity contribution in [2.75, 3.05) is 0 Å². The number of nitriles is 1. The van der Waals surface area contributed by atoms with Gasteiger partial charge in [0, 0.05) is 17.9 Å². The van der Waals surface area contributed by atoms with Crippen molar-refractivity contribution in [1.29, 1.82) is 5.26 Å². The van der Waals surface area contributed by atoms with Crippen LogP contribution in [0, 0.1) is 24.2 Å². The molecular weight excluding hydrogens is 430 g/mol. The number of rotatable bonds is 5. The lowest BCUT2D eigenvalue weighted by atomic mass is 9.79. The molecular formula is C31H43N3O. The molecule has 1 aromatic heterocycles. The van der Waals surface area contributed by atoms with E-state index in [1.807, 2.05) is 0 Å². The van der Waals surface area contributed by atoms with Crippen LogP contribution < -0.4 is 5.32 Å². The van der Waals surface area contributed by atoms with Gasteiger partial charge < -0.3 is 9.88 Å². The highest BCUT2D eigenvalue weighted by molar-refractivity contribution is 5.98. The fraction of sp³-hybridized carbons (Fsp3) is 0.613. The summed E-state index contributed by atoms with van der Waals surface area (Å²) in [7, 11) is 0. The molecule has 0 bridgehead atoms. The third-order valence-electron chi connectivity index (χ3n) is 8.05. The minimum absolute atomic E-state index is 0.0250. The summed E-state index contributed by atoms with van der Waals surface area (Å²) in [6, 6.07) is 11.4. The molecule has 1 N–H and O–H groups in total. The van der Waals surface area contributed by atoms with Crippen molar-refractivity contribution in [2.24, 2.45) is 5.92 Å². The molecule has 2 saturated carbocycles. The molecule has 188 valence electrons. The van der Waals surface area contributed by atoms with E-state index < -0.39 is 5.54 Å². The third-order valence-corrected chi connectivity index (χ3v) is 8.05. The van der Waals surface area contributed by atoms with Crippen molar-refractivity contribution < 1.29 is 4.79 Å². The van der Waals surface area contributed by atoms with Gasteiger partial charge in [-0.3, -0.25) is 4.79 Å². The quantitative estimate of drug-likeness (QED) is 0.491. The van der Waals surface area contributed by atoms with Gasteiger partial charge in [0.05, 0.1) is 11.6 Å². The topological polar surface area (TPSA) is 57.8 Å². The largest absolute Gasteiger partial charge is 0.344 e. The zero-order chi connectivity index (χ0) is 25.6. The van der Waals surface area contributed by atoms with Crippen LogP contribution in [0.25, 0.3) is 11.3 Å². The highest BCUT2D eigenvalue weighted by Crippen LogP contribution is 2.38. The van der Waals surface area contributed by atoms with Crippen molar-refractivity contribution >= 4 is 5.91 Å². The summed E-state index contributed by atoms with van der Waals surface area (Å²) in [6.07, 6.45) is 7.92. The summed E-state index contributed by atoms with van der Waals surface area (Å²) in [6.45, 7) is 16.6. The van der Waals surface area contributed by atoms with Gasteiger partial charge in [-0.25, -0.2) is 0 Å². The summed E-state index contributed by atoms with van der Waals surface area (Å²) >= 11 is 0. The van der Waals surface area contributed by atoms with Crippen LogP contribution in [0.1, 0.15) is 114 Å². The van der Waals surface area contributed by atoms with E-state index in [9.17, 15) is 10.1 Å². The Balaban J connectivity index is 1.83. The second kappa shape index (κ2) is 9.16. The summed E-state index contributed by atoms with van der Waals surface area (Å²) in [5.41, 5.74) is 6.03. The maximum absolute atomic E-state index is 13.3. The van der Waals surface area contributed by atoms with Crippen molar-refractivity contribution in [2.45, 2.75) is 116 Å². The highest BCUT2D eigenvalue weighted by Gasteiger charge is 2.45. The highest BCUT2D eigenvalue weighted by atomic mass is 16.1. The van der Waals surface area contributed by atoms with E-state index in [0.29, 0.717) is 11.5 Å². The first-order valence-corrected chi connectivity index (χ1v) is 13.4. The summed E-state index contributed by atoms with van der Waals surface area (Å²) in [5, 5.41) is 12.5. The van der Waals surface area contributed by atoms with Crippen molar-refractivity contribution in [3.63, 3.8) is 0 Å². The number of carbonyl (C=O) groups excluding carboxylic acids is 1. The average molecular weight is 474 g/mol. The van der Waals surface area contributed by atoms with Gasteiger partial charge in [0.2, 0.25) is 0 Å². The van der Waals surface area contributed by atoms with Gasteiger partial charge in [-0.1, -0.05) is 66.9 Å². The molecule has 4 nitrogen and oxygen atoms in total. The molecule has 0 saturated heterocycles. The first kappa shape index (κ1) is 25.5. The van der Waals surface area contributed by atoms with Gasteiger partial charge in [-0.15, -0.1) is 0 Å². The lowest BCUT2D eigenvalue weighted by Crippen LogP contribution is -2.35. The molecule has 1 aromatic carbocycles. The Kier molecular flexibility index (Phi) is 6.68. The van der Waals surface area contributed by atoms with Crippen molar-refractivity contribution in [3.8, 4) is 17.3 Å². The Morgan fingerprint density at radius 3 is 2.06 bits per heavy atom. The molecule has 0 unspecified atom stereocenters. The zero-order valence-electron chi connectivity index (χ0n) is 22.8. The number of hydrogen-bond donors (Lipinski definition) is 1. The van der Waals surface area contributed by atoms with E-state index in [0.717, 1.165) is 30.8 Å². The van der Waals surface area contributed by atoms with Crippen LogP contribution in [0.3, 0.4) is 0 Å². The number of benzene rings is 1. The molecule has 0 radical (unpaired) electrons. The predicted octanol–water partition coefficient (Wildman–Crippen LogP) is 7.42. The Bertz CT molecular complexity index is 1110. The molecule has 35 heavy (non-hydrogen) atoms. The molecule has 0 atom stereocenters. The monoisotopic (exact) mass is 473 g/mol. The van der Waals surface area contributed by atoms with Crippen LogP contribution in [0.15, 0.2) is 24.3 Å². The molecule has 1 amide bonds. The fourth-order valence-electron chi connectivity index (χ4n) is 5.29. The molecule has 4 heteroatoms. The second-order valence-corrected chi connectivity index (χ2v) is 13.1. The second-order valence-electron chi connectivity index (χ2n) is 13.1. The van der Waals surface area contributed by atoms with Gasteiger partial charge in [0.1, 0.15) is 5.54 Å². The van der Waals surface area contributed by atoms with Gasteiger partial charge in [-0.2, -0.15) is 5.26 Å². The first-order valence-electron chi connectivity index (χ1n) is 13.4. The van der Waals surface area contributed by atoms with Gasteiger partial charge in [0.15, 0.2) is 0 Å². The number of aromatic nitrogens is 1. The molecule has 2 aliphatic carbocycles. The minimum atomic E-state index is -0.666. The lowest BCUT2D eigenvalue weighted by molar-refractivity contribution is 0.0940. The van der Waals surface area contributed by atoms with Gasteiger partial charge in [-0.05, 0) is 84.2 Å². The molecule has 1 heterocycles. The summed E-state index contributed by atoms with van der Waals surface area (Å²) < 4.78 is 2.39. The Hall–Kier alpha value is -2.54. The number of carbonyl (C=O) groups is 1. The van der Waals surface area contributed by atoms with E-state index in [1.54, 1.807) is 0 Å². The zero-order valence-corrected chi connectivity index (χ0v) is 22.8. The molecule has 2 fully saturated rings. The maximum Gasteiger partial charge on any atom is 0.254 e. The molecule has 2 aromatic rings. The summed E-state index contributed by atoms with van der Waals surface area (Å²) in [5.74, 6) is 0.527. The van der Waals surface area contributed by atoms with Crippen LogP contribution in [-0.4, -0.2) is 16.0 Å². The number of hydrogen-bond acceptors (Lipinski definition) is 2. The van der Waals surface area contributed by atoms with Crippen molar-refractivity contribution in [1.82, 2.24) is 9.88 Å². The molecule has 0 aliphatic heterocycles. The molecule has 0 spiro atoms. The van der Waals surface area contributed by atoms with Crippen LogP contribution in [-0.2, 0) is 17.4 Å². The van der Waals surface area contributed by atoms with Gasteiger partial charge in [0.25, 0.3) is 5.91 Å². The standard InChI is InChI=1S/C31H43N3O/c1-21-26(28(35)33-31(20-32)13-14-31)18-27(34(21)19-22-11-9-8-10-12-22)23-15-24(29(2,3)4)17-25(16-23)30(5,6)7/h15-18,22H,8-14,19H2,1-7H3,(H,33,35). The van der Waals surface area contributed by atoms with Crippen molar-refractivity contribution in [3.05, 3.63) is 46.6 Å². The number of nitrogens with zero attached hydrogens (tertiary/aromatic N) is 2. The number of amides is 1. The predicted molar refractivity (Wildman–Crippen MR) is 144 cm³/mol. The minimum Gasteiger partial charge on any atom is -0.344 e. The third kappa shape index (κ3) is 5.50. The molecule has 2 aliphatic rings. The normalized spacial score (nSPS) is 18.2. The van der Waals surface area contributed by atoms with E-state index in [1.165, 1.54) is 48.8 Å².